The van der Waals surface area contributed by atoms with E-state index in [0.717, 1.165) is 50.5 Å². The molecule has 0 atom stereocenters. The Balaban J connectivity index is 1.25. The molecular formula is C40H25NOS. The van der Waals surface area contributed by atoms with E-state index < -0.39 is 0 Å². The molecule has 0 fully saturated rings. The molecule has 1 aliphatic rings. The summed E-state index contributed by atoms with van der Waals surface area (Å²) < 4.78 is 9.25. The summed E-state index contributed by atoms with van der Waals surface area (Å²) in [7, 11) is 0. The molecule has 0 saturated heterocycles. The van der Waals surface area contributed by atoms with Gasteiger partial charge in [-0.3, -0.25) is 0 Å². The third-order valence-corrected chi connectivity index (χ3v) is 9.60. The van der Waals surface area contributed by atoms with Crippen LogP contribution in [0.25, 0.3) is 53.2 Å². The molecule has 8 aromatic rings. The summed E-state index contributed by atoms with van der Waals surface area (Å²) in [6.07, 6.45) is 0. The van der Waals surface area contributed by atoms with Crippen LogP contribution in [0.15, 0.2) is 152 Å². The van der Waals surface area contributed by atoms with Crippen LogP contribution in [-0.4, -0.2) is 0 Å². The van der Waals surface area contributed by atoms with E-state index in [1.54, 1.807) is 0 Å². The highest BCUT2D eigenvalue weighted by molar-refractivity contribution is 7.25. The van der Waals surface area contributed by atoms with Crippen molar-refractivity contribution in [3.8, 4) is 33.8 Å². The molecule has 43 heavy (non-hydrogen) atoms. The second-order valence-corrected chi connectivity index (χ2v) is 12.0. The predicted octanol–water partition coefficient (Wildman–Crippen LogP) is 12.1. The van der Waals surface area contributed by atoms with Crippen molar-refractivity contribution in [2.24, 2.45) is 0 Å². The van der Waals surface area contributed by atoms with Crippen LogP contribution in [0.1, 0.15) is 0 Å². The second kappa shape index (κ2) is 9.59. The van der Waals surface area contributed by atoms with Crippen molar-refractivity contribution in [1.29, 1.82) is 0 Å². The molecule has 0 N–H and O–H groups in total. The fourth-order valence-corrected chi connectivity index (χ4v) is 7.57. The Morgan fingerprint density at radius 1 is 0.442 bits per heavy atom. The molecule has 1 aliphatic heterocycles. The maximum atomic E-state index is 6.64. The van der Waals surface area contributed by atoms with Crippen LogP contribution in [0.5, 0.6) is 11.5 Å². The zero-order valence-electron chi connectivity index (χ0n) is 23.2. The SMILES string of the molecule is c1ccc(-c2ccc3c(c2)Oc2ccc(N(c4ccccc4)c4ccc5sc6ccccc6c5c4)c4cccc-3c24)cc1. The lowest BCUT2D eigenvalue weighted by Gasteiger charge is -2.29. The Labute approximate surface area is 253 Å². The number of rotatable bonds is 4. The predicted molar refractivity (Wildman–Crippen MR) is 182 cm³/mol. The van der Waals surface area contributed by atoms with Crippen LogP contribution < -0.4 is 9.64 Å². The van der Waals surface area contributed by atoms with Gasteiger partial charge in [-0.15, -0.1) is 11.3 Å². The number of hydrogen-bond acceptors (Lipinski definition) is 3. The molecule has 202 valence electrons. The number of hydrogen-bond donors (Lipinski definition) is 0. The quantitative estimate of drug-likeness (QED) is 0.210. The summed E-state index contributed by atoms with van der Waals surface area (Å²) in [4.78, 5) is 2.38. The second-order valence-electron chi connectivity index (χ2n) is 10.9. The number of para-hydroxylation sites is 1. The number of anilines is 3. The van der Waals surface area contributed by atoms with E-state index in [1.165, 1.54) is 31.3 Å². The molecule has 1 aromatic heterocycles. The highest BCUT2D eigenvalue weighted by atomic mass is 32.1. The van der Waals surface area contributed by atoms with Gasteiger partial charge < -0.3 is 9.64 Å². The molecule has 0 spiro atoms. The van der Waals surface area contributed by atoms with Crippen LogP contribution in [0.3, 0.4) is 0 Å². The fourth-order valence-electron chi connectivity index (χ4n) is 6.48. The van der Waals surface area contributed by atoms with Crippen molar-refractivity contribution in [2.75, 3.05) is 4.90 Å². The average Bonchev–Trinajstić information content (AvgIpc) is 3.45. The summed E-state index contributed by atoms with van der Waals surface area (Å²) in [5, 5.41) is 4.89. The Morgan fingerprint density at radius 3 is 2.09 bits per heavy atom. The third kappa shape index (κ3) is 3.86. The third-order valence-electron chi connectivity index (χ3n) is 8.45. The Bertz CT molecular complexity index is 2320. The normalized spacial score (nSPS) is 11.9. The molecule has 2 heterocycles. The first-order chi connectivity index (χ1) is 21.3. The van der Waals surface area contributed by atoms with Gasteiger partial charge >= 0.3 is 0 Å². The molecule has 2 nitrogen and oxygen atoms in total. The first-order valence-electron chi connectivity index (χ1n) is 14.5. The first-order valence-corrected chi connectivity index (χ1v) is 15.3. The monoisotopic (exact) mass is 567 g/mol. The van der Waals surface area contributed by atoms with Gasteiger partial charge in [0.15, 0.2) is 0 Å². The number of nitrogens with zero attached hydrogens (tertiary/aromatic N) is 1. The molecular weight excluding hydrogens is 543 g/mol. The van der Waals surface area contributed by atoms with E-state index in [9.17, 15) is 0 Å². The minimum absolute atomic E-state index is 0.888. The average molecular weight is 568 g/mol. The Morgan fingerprint density at radius 2 is 1.21 bits per heavy atom. The Kier molecular flexibility index (Phi) is 5.40. The molecule has 3 heteroatoms. The van der Waals surface area contributed by atoms with Crippen molar-refractivity contribution >= 4 is 59.3 Å². The minimum atomic E-state index is 0.888. The van der Waals surface area contributed by atoms with Crippen molar-refractivity contribution in [3.05, 3.63) is 152 Å². The van der Waals surface area contributed by atoms with Crippen molar-refractivity contribution < 1.29 is 4.74 Å². The van der Waals surface area contributed by atoms with Gasteiger partial charge in [-0.2, -0.15) is 0 Å². The van der Waals surface area contributed by atoms with Crippen LogP contribution >= 0.6 is 11.3 Å². The van der Waals surface area contributed by atoms with Crippen LogP contribution in [0.2, 0.25) is 0 Å². The van der Waals surface area contributed by atoms with E-state index >= 15 is 0 Å². The molecule has 0 amide bonds. The van der Waals surface area contributed by atoms with Gasteiger partial charge in [0.25, 0.3) is 0 Å². The van der Waals surface area contributed by atoms with Crippen molar-refractivity contribution in [3.63, 3.8) is 0 Å². The lowest BCUT2D eigenvalue weighted by Crippen LogP contribution is -2.11. The highest BCUT2D eigenvalue weighted by Crippen LogP contribution is 2.51. The van der Waals surface area contributed by atoms with Gasteiger partial charge in [-0.05, 0) is 77.4 Å². The number of ether oxygens (including phenoxy) is 1. The van der Waals surface area contributed by atoms with Crippen LogP contribution in [0.4, 0.5) is 17.1 Å². The van der Waals surface area contributed by atoms with Gasteiger partial charge in [0, 0.05) is 47.9 Å². The Hall–Kier alpha value is -5.38. The smallest absolute Gasteiger partial charge is 0.136 e. The lowest BCUT2D eigenvalue weighted by molar-refractivity contribution is 0.487. The van der Waals surface area contributed by atoms with E-state index in [4.69, 9.17) is 4.74 Å². The molecule has 9 rings (SSSR count). The zero-order valence-corrected chi connectivity index (χ0v) is 24.0. The molecule has 0 aliphatic carbocycles. The minimum Gasteiger partial charge on any atom is -0.456 e. The summed E-state index contributed by atoms with van der Waals surface area (Å²) >= 11 is 1.85. The van der Waals surface area contributed by atoms with E-state index in [1.807, 2.05) is 17.4 Å². The van der Waals surface area contributed by atoms with Gasteiger partial charge in [0.05, 0.1) is 5.69 Å². The summed E-state index contributed by atoms with van der Waals surface area (Å²) in [6, 6.07) is 54.2. The van der Waals surface area contributed by atoms with Gasteiger partial charge in [-0.25, -0.2) is 0 Å². The van der Waals surface area contributed by atoms with Crippen LogP contribution in [0, 0.1) is 0 Å². The number of fused-ring (bicyclic) bond motifs is 5. The zero-order chi connectivity index (χ0) is 28.3. The maximum Gasteiger partial charge on any atom is 0.136 e. The number of benzene rings is 7. The van der Waals surface area contributed by atoms with Crippen LogP contribution in [-0.2, 0) is 0 Å². The van der Waals surface area contributed by atoms with Crippen molar-refractivity contribution in [2.45, 2.75) is 0 Å². The molecule has 0 bridgehead atoms. The standard InChI is InChI=1S/C40H25NOS/c1-3-10-26(11-4-1)27-18-20-30-32-15-9-16-33-35(21-22-36(40(32)33)42-37(30)24-27)41(28-12-5-2-6-13-28)29-19-23-39-34(25-29)31-14-7-8-17-38(31)43-39/h1-25H. The first kappa shape index (κ1) is 24.2. The van der Waals surface area contributed by atoms with Crippen molar-refractivity contribution in [1.82, 2.24) is 0 Å². The molecule has 7 aromatic carbocycles. The molecule has 0 unspecified atom stereocenters. The van der Waals surface area contributed by atoms with Gasteiger partial charge in [-0.1, -0.05) is 91.0 Å². The summed E-state index contributed by atoms with van der Waals surface area (Å²) in [6.45, 7) is 0. The topological polar surface area (TPSA) is 12.5 Å². The lowest BCUT2D eigenvalue weighted by atomic mass is 9.92. The molecule has 0 radical (unpaired) electrons. The largest absolute Gasteiger partial charge is 0.456 e. The molecule has 0 saturated carbocycles. The summed E-state index contributed by atoms with van der Waals surface area (Å²) in [5.41, 5.74) is 8.02. The van der Waals surface area contributed by atoms with Gasteiger partial charge in [0.1, 0.15) is 11.5 Å². The summed E-state index contributed by atoms with van der Waals surface area (Å²) in [5.74, 6) is 1.78. The maximum absolute atomic E-state index is 6.64. The van der Waals surface area contributed by atoms with E-state index in [0.29, 0.717) is 0 Å². The fraction of sp³-hybridized carbons (Fsp3) is 0. The van der Waals surface area contributed by atoms with E-state index in [2.05, 4.69) is 150 Å². The van der Waals surface area contributed by atoms with Gasteiger partial charge in [0.2, 0.25) is 0 Å². The number of thiophene rings is 1. The van der Waals surface area contributed by atoms with E-state index in [-0.39, 0.29) is 0 Å². The highest BCUT2D eigenvalue weighted by Gasteiger charge is 2.24.